The van der Waals surface area contributed by atoms with Crippen molar-refractivity contribution in [2.45, 2.75) is 18.9 Å². The minimum atomic E-state index is -0.0930. The summed E-state index contributed by atoms with van der Waals surface area (Å²) in [6, 6.07) is 11.2. The molecule has 1 saturated heterocycles. The molecule has 0 saturated carbocycles. The van der Waals surface area contributed by atoms with Crippen LogP contribution in [0.1, 0.15) is 23.8 Å². The third-order valence-electron chi connectivity index (χ3n) is 4.19. The van der Waals surface area contributed by atoms with Crippen LogP contribution in [-0.4, -0.2) is 32.5 Å². The van der Waals surface area contributed by atoms with Gasteiger partial charge in [0, 0.05) is 42.5 Å². The summed E-state index contributed by atoms with van der Waals surface area (Å²) in [6.45, 7) is 1.08. The molecule has 1 fully saturated rings. The van der Waals surface area contributed by atoms with Crippen LogP contribution >= 0.6 is 11.6 Å². The Morgan fingerprint density at radius 3 is 3.00 bits per heavy atom. The van der Waals surface area contributed by atoms with Crippen LogP contribution in [0.4, 0.5) is 0 Å². The van der Waals surface area contributed by atoms with Crippen LogP contribution < -0.4 is 0 Å². The number of hydrogen-bond donors (Lipinski definition) is 0. The number of halogens is 1. The summed E-state index contributed by atoms with van der Waals surface area (Å²) in [5, 5.41) is 4.67. The molecular weight excluding hydrogens is 340 g/mol. The van der Waals surface area contributed by atoms with Gasteiger partial charge in [0.15, 0.2) is 0 Å². The topological polar surface area (TPSA) is 72.1 Å². The van der Waals surface area contributed by atoms with Crippen molar-refractivity contribution in [2.75, 3.05) is 6.54 Å². The molecule has 0 N–H and O–H groups in total. The van der Waals surface area contributed by atoms with Gasteiger partial charge in [-0.25, -0.2) is 0 Å². The molecule has 0 aliphatic carbocycles. The zero-order chi connectivity index (χ0) is 17.2. The summed E-state index contributed by atoms with van der Waals surface area (Å²) in [7, 11) is 0. The maximum Gasteiger partial charge on any atom is 0.232 e. The minimum Gasteiger partial charge on any atom is -0.339 e. The summed E-state index contributed by atoms with van der Waals surface area (Å²) in [6.07, 6.45) is 3.74. The number of carbonyl (C=O) groups is 1. The van der Waals surface area contributed by atoms with Crippen LogP contribution in [-0.2, 0) is 11.3 Å². The lowest BCUT2D eigenvalue weighted by Gasteiger charge is -2.16. The van der Waals surface area contributed by atoms with E-state index in [1.165, 1.54) is 0 Å². The average molecular weight is 355 g/mol. The highest BCUT2D eigenvalue weighted by atomic mass is 35.5. The van der Waals surface area contributed by atoms with E-state index in [-0.39, 0.29) is 11.8 Å². The van der Waals surface area contributed by atoms with Crippen molar-refractivity contribution < 1.29 is 9.32 Å². The fourth-order valence-corrected chi connectivity index (χ4v) is 3.17. The summed E-state index contributed by atoms with van der Waals surface area (Å²) in [4.78, 5) is 22.6. The van der Waals surface area contributed by atoms with Gasteiger partial charge in [0.25, 0.3) is 0 Å². The third kappa shape index (κ3) is 3.39. The van der Waals surface area contributed by atoms with Crippen molar-refractivity contribution in [1.82, 2.24) is 20.0 Å². The van der Waals surface area contributed by atoms with Gasteiger partial charge in [0.05, 0.1) is 5.92 Å². The lowest BCUT2D eigenvalue weighted by atomic mass is 10.1. The van der Waals surface area contributed by atoms with Crippen LogP contribution in [0.25, 0.3) is 11.4 Å². The first-order valence-corrected chi connectivity index (χ1v) is 8.33. The molecule has 2 aromatic heterocycles. The standard InChI is InChI=1S/C18H15ClN4O2/c19-15-5-1-3-12(7-15)10-23-11-14(8-16(23)24)18-21-17(22-25-18)13-4-2-6-20-9-13/h1-7,9,14H,8,10-11H2. The van der Waals surface area contributed by atoms with Crippen molar-refractivity contribution >= 4 is 17.5 Å². The number of rotatable bonds is 4. The van der Waals surface area contributed by atoms with Gasteiger partial charge >= 0.3 is 0 Å². The summed E-state index contributed by atoms with van der Waals surface area (Å²) >= 11 is 6.01. The SMILES string of the molecule is O=C1CC(c2nc(-c3cccnc3)no2)CN1Cc1cccc(Cl)c1. The number of nitrogens with zero attached hydrogens (tertiary/aromatic N) is 4. The molecule has 1 aliphatic rings. The molecule has 7 heteroatoms. The molecule has 4 rings (SSSR count). The summed E-state index contributed by atoms with van der Waals surface area (Å²) in [5.41, 5.74) is 1.79. The third-order valence-corrected chi connectivity index (χ3v) is 4.42. The minimum absolute atomic E-state index is 0.0751. The van der Waals surface area contributed by atoms with Crippen LogP contribution in [0.15, 0.2) is 53.3 Å². The van der Waals surface area contributed by atoms with Gasteiger partial charge in [-0.1, -0.05) is 28.9 Å². The monoisotopic (exact) mass is 354 g/mol. The normalized spacial score (nSPS) is 17.2. The number of amides is 1. The molecule has 126 valence electrons. The van der Waals surface area contributed by atoms with Gasteiger partial charge in [-0.3, -0.25) is 9.78 Å². The van der Waals surface area contributed by atoms with E-state index in [0.717, 1.165) is 11.1 Å². The molecule has 25 heavy (non-hydrogen) atoms. The van der Waals surface area contributed by atoms with E-state index >= 15 is 0 Å². The molecule has 1 aliphatic heterocycles. The molecule has 1 atom stereocenters. The highest BCUT2D eigenvalue weighted by Gasteiger charge is 2.34. The van der Waals surface area contributed by atoms with Gasteiger partial charge in [-0.05, 0) is 29.8 Å². The highest BCUT2D eigenvalue weighted by molar-refractivity contribution is 6.30. The molecule has 0 radical (unpaired) electrons. The molecule has 1 aromatic carbocycles. The van der Waals surface area contributed by atoms with Crippen molar-refractivity contribution in [3.63, 3.8) is 0 Å². The van der Waals surface area contributed by atoms with Crippen molar-refractivity contribution in [2.24, 2.45) is 0 Å². The predicted octanol–water partition coefficient (Wildman–Crippen LogP) is 3.30. The molecule has 1 unspecified atom stereocenters. The van der Waals surface area contributed by atoms with E-state index in [1.807, 2.05) is 36.4 Å². The lowest BCUT2D eigenvalue weighted by Crippen LogP contribution is -2.24. The van der Waals surface area contributed by atoms with Gasteiger partial charge in [0.1, 0.15) is 0 Å². The smallest absolute Gasteiger partial charge is 0.232 e. The molecule has 6 nitrogen and oxygen atoms in total. The van der Waals surface area contributed by atoms with Crippen molar-refractivity contribution in [3.05, 3.63) is 65.3 Å². The Morgan fingerprint density at radius 2 is 2.20 bits per heavy atom. The van der Waals surface area contributed by atoms with Gasteiger partial charge in [-0.15, -0.1) is 0 Å². The van der Waals surface area contributed by atoms with Crippen LogP contribution in [0.3, 0.4) is 0 Å². The Labute approximate surface area is 149 Å². The second-order valence-corrected chi connectivity index (χ2v) is 6.44. The van der Waals surface area contributed by atoms with E-state index in [1.54, 1.807) is 17.3 Å². The van der Waals surface area contributed by atoms with Gasteiger partial charge in [0.2, 0.25) is 17.6 Å². The van der Waals surface area contributed by atoms with E-state index in [9.17, 15) is 4.79 Å². The maximum atomic E-state index is 12.3. The molecule has 0 bridgehead atoms. The largest absolute Gasteiger partial charge is 0.339 e. The Kier molecular flexibility index (Phi) is 4.19. The van der Waals surface area contributed by atoms with Gasteiger partial charge in [-0.2, -0.15) is 4.98 Å². The van der Waals surface area contributed by atoms with E-state index in [2.05, 4.69) is 15.1 Å². The first-order valence-electron chi connectivity index (χ1n) is 7.95. The number of pyridine rings is 1. The number of benzene rings is 1. The number of hydrogen-bond acceptors (Lipinski definition) is 5. The fraction of sp³-hybridized carbons (Fsp3) is 0.222. The number of likely N-dealkylation sites (tertiary alicyclic amines) is 1. The quantitative estimate of drug-likeness (QED) is 0.718. The van der Waals surface area contributed by atoms with Crippen LogP contribution in [0.2, 0.25) is 5.02 Å². The zero-order valence-electron chi connectivity index (χ0n) is 13.3. The summed E-state index contributed by atoms with van der Waals surface area (Å²) in [5.74, 6) is 0.959. The second kappa shape index (κ2) is 6.64. The highest BCUT2D eigenvalue weighted by Crippen LogP contribution is 2.29. The first kappa shape index (κ1) is 15.8. The number of carbonyl (C=O) groups excluding carboxylic acids is 1. The van der Waals surface area contributed by atoms with Crippen molar-refractivity contribution in [3.8, 4) is 11.4 Å². The molecule has 0 spiro atoms. The number of aromatic nitrogens is 3. The van der Waals surface area contributed by atoms with Gasteiger partial charge < -0.3 is 9.42 Å². The first-order chi connectivity index (χ1) is 12.2. The second-order valence-electron chi connectivity index (χ2n) is 6.00. The van der Waals surface area contributed by atoms with E-state index < -0.39 is 0 Å². The maximum absolute atomic E-state index is 12.3. The summed E-state index contributed by atoms with van der Waals surface area (Å²) < 4.78 is 5.38. The Morgan fingerprint density at radius 1 is 1.28 bits per heavy atom. The molecular formula is C18H15ClN4O2. The lowest BCUT2D eigenvalue weighted by molar-refractivity contribution is -0.128. The van der Waals surface area contributed by atoms with Crippen LogP contribution in [0.5, 0.6) is 0 Å². The Bertz CT molecular complexity index is 897. The predicted molar refractivity (Wildman–Crippen MR) is 91.8 cm³/mol. The van der Waals surface area contributed by atoms with E-state index in [0.29, 0.717) is 36.2 Å². The van der Waals surface area contributed by atoms with E-state index in [4.69, 9.17) is 16.1 Å². The molecule has 3 aromatic rings. The van der Waals surface area contributed by atoms with Crippen molar-refractivity contribution in [1.29, 1.82) is 0 Å². The zero-order valence-corrected chi connectivity index (χ0v) is 14.1. The Balaban J connectivity index is 1.48. The average Bonchev–Trinajstić information content (AvgIpc) is 3.23. The Hall–Kier alpha value is -2.73. The van der Waals surface area contributed by atoms with Crippen LogP contribution in [0, 0.1) is 0 Å². The molecule has 3 heterocycles. The fourth-order valence-electron chi connectivity index (χ4n) is 2.96. The molecule has 1 amide bonds.